The summed E-state index contributed by atoms with van der Waals surface area (Å²) in [5.41, 5.74) is -0.0696. The number of aromatic hydroxyl groups is 1. The number of phenolic OH excluding ortho intramolecular Hbond substituents is 1. The van der Waals surface area contributed by atoms with E-state index in [9.17, 15) is 14.3 Å². The normalized spacial score (nSPS) is 10.4. The van der Waals surface area contributed by atoms with Crippen molar-refractivity contribution in [3.05, 3.63) is 47.8 Å². The number of phenols is 1. The fourth-order valence-corrected chi connectivity index (χ4v) is 1.71. The van der Waals surface area contributed by atoms with Gasteiger partial charge in [0.05, 0.1) is 5.56 Å². The van der Waals surface area contributed by atoms with E-state index >= 15 is 0 Å². The zero-order valence-electron chi connectivity index (χ0n) is 10.4. The van der Waals surface area contributed by atoms with E-state index in [-0.39, 0.29) is 11.3 Å². The van der Waals surface area contributed by atoms with E-state index in [0.717, 1.165) is 24.0 Å². The number of halogens is 1. The standard InChI is InChI=1S/C13H14FN3O2/c1-17-7-6-15-12(17)4-5-16-13(19)10-8-9(14)2-3-11(10)18/h2-3,6-8,18H,4-5H2,1H3,(H,16,19). The van der Waals surface area contributed by atoms with Crippen LogP contribution < -0.4 is 5.32 Å². The van der Waals surface area contributed by atoms with Crippen LogP contribution in [-0.2, 0) is 13.5 Å². The number of amides is 1. The predicted molar refractivity (Wildman–Crippen MR) is 67.3 cm³/mol. The van der Waals surface area contributed by atoms with Crippen molar-refractivity contribution >= 4 is 5.91 Å². The molecule has 2 aromatic rings. The largest absolute Gasteiger partial charge is 0.507 e. The lowest BCUT2D eigenvalue weighted by Gasteiger charge is -2.07. The van der Waals surface area contributed by atoms with Crippen molar-refractivity contribution < 1.29 is 14.3 Å². The SMILES string of the molecule is Cn1ccnc1CCNC(=O)c1cc(F)ccc1O. The van der Waals surface area contributed by atoms with Crippen molar-refractivity contribution in [3.8, 4) is 5.75 Å². The second-order valence-corrected chi connectivity index (χ2v) is 4.12. The molecule has 0 saturated carbocycles. The molecule has 0 fully saturated rings. The first-order valence-corrected chi connectivity index (χ1v) is 5.81. The first-order chi connectivity index (χ1) is 9.08. The lowest BCUT2D eigenvalue weighted by Crippen LogP contribution is -2.26. The molecule has 0 spiro atoms. The minimum atomic E-state index is -0.563. The number of rotatable bonds is 4. The fraction of sp³-hybridized carbons (Fsp3) is 0.231. The molecule has 0 saturated heterocycles. The number of aromatic nitrogens is 2. The van der Waals surface area contributed by atoms with Crippen LogP contribution in [0, 0.1) is 5.82 Å². The summed E-state index contributed by atoms with van der Waals surface area (Å²) in [6, 6.07) is 3.26. The summed E-state index contributed by atoms with van der Waals surface area (Å²) in [6.07, 6.45) is 4.05. The molecule has 0 bridgehead atoms. The number of imidazole rings is 1. The number of hydrogen-bond donors (Lipinski definition) is 2. The third-order valence-corrected chi connectivity index (χ3v) is 2.76. The van der Waals surface area contributed by atoms with Crippen LogP contribution in [0.3, 0.4) is 0 Å². The number of nitrogens with one attached hydrogen (secondary N) is 1. The zero-order valence-corrected chi connectivity index (χ0v) is 10.4. The van der Waals surface area contributed by atoms with Gasteiger partial charge in [0, 0.05) is 32.4 Å². The van der Waals surface area contributed by atoms with Crippen LogP contribution in [0.5, 0.6) is 5.75 Å². The van der Waals surface area contributed by atoms with Gasteiger partial charge in [-0.05, 0) is 18.2 Å². The van der Waals surface area contributed by atoms with Crippen LogP contribution in [-0.4, -0.2) is 27.1 Å². The first-order valence-electron chi connectivity index (χ1n) is 5.81. The van der Waals surface area contributed by atoms with Crippen LogP contribution in [0.15, 0.2) is 30.6 Å². The van der Waals surface area contributed by atoms with Gasteiger partial charge in [-0.1, -0.05) is 0 Å². The van der Waals surface area contributed by atoms with Gasteiger partial charge in [-0.15, -0.1) is 0 Å². The highest BCUT2D eigenvalue weighted by atomic mass is 19.1. The highest BCUT2D eigenvalue weighted by Gasteiger charge is 2.11. The number of hydrogen-bond acceptors (Lipinski definition) is 3. The Labute approximate surface area is 109 Å². The Morgan fingerprint density at radius 1 is 1.53 bits per heavy atom. The topological polar surface area (TPSA) is 67.2 Å². The maximum Gasteiger partial charge on any atom is 0.255 e. The van der Waals surface area contributed by atoms with E-state index in [0.29, 0.717) is 13.0 Å². The lowest BCUT2D eigenvalue weighted by atomic mass is 10.2. The Morgan fingerprint density at radius 2 is 2.32 bits per heavy atom. The highest BCUT2D eigenvalue weighted by Crippen LogP contribution is 2.17. The minimum absolute atomic E-state index is 0.0696. The minimum Gasteiger partial charge on any atom is -0.507 e. The van der Waals surface area contributed by atoms with Gasteiger partial charge in [-0.3, -0.25) is 4.79 Å². The third kappa shape index (κ3) is 3.09. The molecule has 100 valence electrons. The van der Waals surface area contributed by atoms with E-state index in [1.165, 1.54) is 0 Å². The summed E-state index contributed by atoms with van der Waals surface area (Å²) < 4.78 is 14.9. The van der Waals surface area contributed by atoms with Crippen molar-refractivity contribution in [1.82, 2.24) is 14.9 Å². The van der Waals surface area contributed by atoms with Crippen LogP contribution >= 0.6 is 0 Å². The molecular weight excluding hydrogens is 249 g/mol. The summed E-state index contributed by atoms with van der Waals surface area (Å²) in [5.74, 6) is -0.474. The molecular formula is C13H14FN3O2. The predicted octanol–water partition coefficient (Wildman–Crippen LogP) is 1.24. The first kappa shape index (κ1) is 13.1. The average molecular weight is 263 g/mol. The van der Waals surface area contributed by atoms with Crippen LogP contribution in [0.4, 0.5) is 4.39 Å². The van der Waals surface area contributed by atoms with Gasteiger partial charge in [-0.2, -0.15) is 0 Å². The second kappa shape index (κ2) is 5.51. The quantitative estimate of drug-likeness (QED) is 0.872. The molecule has 0 aliphatic heterocycles. The molecule has 1 aromatic heterocycles. The molecule has 2 N–H and O–H groups in total. The Morgan fingerprint density at radius 3 is 3.00 bits per heavy atom. The Bertz CT molecular complexity index is 595. The van der Waals surface area contributed by atoms with Crippen LogP contribution in [0.25, 0.3) is 0 Å². The Hall–Kier alpha value is -2.37. The van der Waals surface area contributed by atoms with Gasteiger partial charge in [0.25, 0.3) is 5.91 Å². The van der Waals surface area contributed by atoms with Gasteiger partial charge < -0.3 is 15.0 Å². The molecule has 1 heterocycles. The molecule has 19 heavy (non-hydrogen) atoms. The van der Waals surface area contributed by atoms with Crippen molar-refractivity contribution in [1.29, 1.82) is 0 Å². The molecule has 0 aliphatic rings. The third-order valence-electron chi connectivity index (χ3n) is 2.76. The van der Waals surface area contributed by atoms with Crippen LogP contribution in [0.1, 0.15) is 16.2 Å². The maximum atomic E-state index is 13.0. The maximum absolute atomic E-state index is 13.0. The molecule has 0 radical (unpaired) electrons. The van der Waals surface area contributed by atoms with Gasteiger partial charge in [0.15, 0.2) is 0 Å². The highest BCUT2D eigenvalue weighted by molar-refractivity contribution is 5.96. The Balaban J connectivity index is 1.94. The lowest BCUT2D eigenvalue weighted by molar-refractivity contribution is 0.0950. The number of benzene rings is 1. The van der Waals surface area contributed by atoms with E-state index in [1.54, 1.807) is 6.20 Å². The monoisotopic (exact) mass is 263 g/mol. The molecule has 0 unspecified atom stereocenters. The van der Waals surface area contributed by atoms with Gasteiger partial charge in [-0.25, -0.2) is 9.37 Å². The molecule has 1 amide bonds. The second-order valence-electron chi connectivity index (χ2n) is 4.12. The van der Waals surface area contributed by atoms with Crippen LogP contribution in [0.2, 0.25) is 0 Å². The molecule has 6 heteroatoms. The molecule has 2 rings (SSSR count). The Kier molecular flexibility index (Phi) is 3.79. The zero-order chi connectivity index (χ0) is 13.8. The fourth-order valence-electron chi connectivity index (χ4n) is 1.71. The summed E-state index contributed by atoms with van der Waals surface area (Å²) in [5, 5.41) is 12.1. The van der Waals surface area contributed by atoms with Gasteiger partial charge >= 0.3 is 0 Å². The van der Waals surface area contributed by atoms with Crippen molar-refractivity contribution in [2.45, 2.75) is 6.42 Å². The molecule has 5 nitrogen and oxygen atoms in total. The summed E-state index contributed by atoms with van der Waals surface area (Å²) in [6.45, 7) is 0.361. The number of carbonyl (C=O) groups excluding carboxylic acids is 1. The molecule has 1 aromatic carbocycles. The summed E-state index contributed by atoms with van der Waals surface area (Å²) in [4.78, 5) is 15.9. The number of nitrogens with zero attached hydrogens (tertiary/aromatic N) is 2. The van der Waals surface area contributed by atoms with E-state index < -0.39 is 11.7 Å². The van der Waals surface area contributed by atoms with E-state index in [4.69, 9.17) is 0 Å². The smallest absolute Gasteiger partial charge is 0.255 e. The van der Waals surface area contributed by atoms with Gasteiger partial charge in [0.2, 0.25) is 0 Å². The van der Waals surface area contributed by atoms with Crippen molar-refractivity contribution in [2.75, 3.05) is 6.54 Å². The average Bonchev–Trinajstić information content (AvgIpc) is 2.78. The number of carbonyl (C=O) groups is 1. The summed E-state index contributed by atoms with van der Waals surface area (Å²) in [7, 11) is 1.86. The molecule has 0 aliphatic carbocycles. The van der Waals surface area contributed by atoms with E-state index in [1.807, 2.05) is 17.8 Å². The van der Waals surface area contributed by atoms with E-state index in [2.05, 4.69) is 10.3 Å². The molecule has 0 atom stereocenters. The van der Waals surface area contributed by atoms with Gasteiger partial charge in [0.1, 0.15) is 17.4 Å². The summed E-state index contributed by atoms with van der Waals surface area (Å²) >= 11 is 0. The number of aryl methyl sites for hydroxylation is 1. The van der Waals surface area contributed by atoms with Crippen molar-refractivity contribution in [2.24, 2.45) is 7.05 Å². The van der Waals surface area contributed by atoms with Crippen molar-refractivity contribution in [3.63, 3.8) is 0 Å².